The Hall–Kier alpha value is -2.39. The lowest BCUT2D eigenvalue weighted by atomic mass is 9.71. The quantitative estimate of drug-likeness (QED) is 0.739. The average molecular weight is 361 g/mol. The van der Waals surface area contributed by atoms with Crippen molar-refractivity contribution >= 4 is 11.6 Å². The van der Waals surface area contributed by atoms with Gasteiger partial charge in [0.15, 0.2) is 0 Å². The lowest BCUT2D eigenvalue weighted by Crippen LogP contribution is -2.51. The summed E-state index contributed by atoms with van der Waals surface area (Å²) >= 11 is 0. The summed E-state index contributed by atoms with van der Waals surface area (Å²) in [7, 11) is 0. The number of anilines is 1. The fraction of sp³-hybridized carbons (Fsp3) is 0.375. The molecular weight excluding hydrogens is 332 g/mol. The first-order chi connectivity index (χ1) is 13.1. The molecule has 4 rings (SSSR count). The third-order valence-electron chi connectivity index (χ3n) is 6.17. The van der Waals surface area contributed by atoms with Crippen molar-refractivity contribution in [3.05, 3.63) is 78.4 Å². The molecule has 0 aliphatic carbocycles. The van der Waals surface area contributed by atoms with Crippen molar-refractivity contribution < 1.29 is 4.79 Å². The number of benzene rings is 2. The SMILES string of the molecule is C=CCN1CC[C@]2(C(=O)N(Cc3ccccc3)c3ccccc32)[C@H]1C(C)C. The van der Waals surface area contributed by atoms with Crippen LogP contribution in [0.5, 0.6) is 0 Å². The normalized spacial score (nSPS) is 24.8. The van der Waals surface area contributed by atoms with Crippen LogP contribution in [0.15, 0.2) is 67.3 Å². The molecule has 3 nitrogen and oxygen atoms in total. The Bertz CT molecular complexity index is 844. The Morgan fingerprint density at radius 3 is 2.56 bits per heavy atom. The molecule has 1 fully saturated rings. The predicted octanol–water partition coefficient (Wildman–Crippen LogP) is 4.39. The predicted molar refractivity (Wildman–Crippen MR) is 111 cm³/mol. The van der Waals surface area contributed by atoms with Gasteiger partial charge in [0.2, 0.25) is 5.91 Å². The van der Waals surface area contributed by atoms with Gasteiger partial charge in [-0.1, -0.05) is 68.5 Å². The Kier molecular flexibility index (Phi) is 4.65. The number of carbonyl (C=O) groups is 1. The molecule has 2 atom stereocenters. The molecule has 2 aromatic rings. The van der Waals surface area contributed by atoms with Gasteiger partial charge in [0.05, 0.1) is 12.0 Å². The number of hydrogen-bond acceptors (Lipinski definition) is 2. The van der Waals surface area contributed by atoms with E-state index in [1.807, 2.05) is 35.2 Å². The van der Waals surface area contributed by atoms with Gasteiger partial charge in [-0.3, -0.25) is 9.69 Å². The maximum atomic E-state index is 13.9. The second kappa shape index (κ2) is 6.97. The van der Waals surface area contributed by atoms with Gasteiger partial charge in [0, 0.05) is 24.8 Å². The minimum atomic E-state index is -0.442. The molecule has 1 amide bonds. The molecule has 2 heterocycles. The van der Waals surface area contributed by atoms with Crippen molar-refractivity contribution in [2.75, 3.05) is 18.0 Å². The lowest BCUT2D eigenvalue weighted by Gasteiger charge is -2.37. The summed E-state index contributed by atoms with van der Waals surface area (Å²) < 4.78 is 0. The van der Waals surface area contributed by atoms with E-state index < -0.39 is 5.41 Å². The van der Waals surface area contributed by atoms with Crippen LogP contribution >= 0.6 is 0 Å². The Morgan fingerprint density at radius 1 is 1.15 bits per heavy atom. The zero-order valence-corrected chi connectivity index (χ0v) is 16.3. The summed E-state index contributed by atoms with van der Waals surface area (Å²) in [4.78, 5) is 18.4. The zero-order valence-electron chi connectivity index (χ0n) is 16.3. The Balaban J connectivity index is 1.80. The summed E-state index contributed by atoms with van der Waals surface area (Å²) in [6.45, 7) is 10.8. The molecule has 2 aromatic carbocycles. The van der Waals surface area contributed by atoms with Gasteiger partial charge in [-0.15, -0.1) is 6.58 Å². The van der Waals surface area contributed by atoms with E-state index >= 15 is 0 Å². The molecule has 1 saturated heterocycles. The molecule has 0 radical (unpaired) electrons. The fourth-order valence-electron chi connectivity index (χ4n) is 5.28. The van der Waals surface area contributed by atoms with Gasteiger partial charge in [-0.2, -0.15) is 0 Å². The minimum absolute atomic E-state index is 0.199. The molecule has 0 aromatic heterocycles. The standard InChI is InChI=1S/C24H28N2O/c1-4-15-25-16-14-24(22(25)18(2)3)20-12-8-9-13-21(20)26(23(24)27)17-19-10-6-5-7-11-19/h4-13,18,22H,1,14-17H2,2-3H3/t22-,24-/m1/s1. The third-order valence-corrected chi connectivity index (χ3v) is 6.17. The van der Waals surface area contributed by atoms with Crippen LogP contribution in [-0.2, 0) is 16.8 Å². The molecular formula is C24H28N2O. The molecule has 0 saturated carbocycles. The van der Waals surface area contributed by atoms with Crippen molar-refractivity contribution in [3.8, 4) is 0 Å². The number of carbonyl (C=O) groups excluding carboxylic acids is 1. The summed E-state index contributed by atoms with van der Waals surface area (Å²) in [5.74, 6) is 0.652. The van der Waals surface area contributed by atoms with Crippen LogP contribution in [0, 0.1) is 5.92 Å². The van der Waals surface area contributed by atoms with E-state index in [0.717, 1.165) is 25.2 Å². The maximum Gasteiger partial charge on any atom is 0.239 e. The first kappa shape index (κ1) is 18.0. The van der Waals surface area contributed by atoms with Gasteiger partial charge in [0.1, 0.15) is 0 Å². The molecule has 0 unspecified atom stereocenters. The largest absolute Gasteiger partial charge is 0.307 e. The number of para-hydroxylation sites is 1. The smallest absolute Gasteiger partial charge is 0.239 e. The number of hydrogen-bond donors (Lipinski definition) is 0. The average Bonchev–Trinajstić information content (AvgIpc) is 3.16. The van der Waals surface area contributed by atoms with Crippen LogP contribution in [-0.4, -0.2) is 29.9 Å². The topological polar surface area (TPSA) is 23.6 Å². The van der Waals surface area contributed by atoms with Gasteiger partial charge < -0.3 is 4.90 Å². The van der Waals surface area contributed by atoms with Gasteiger partial charge >= 0.3 is 0 Å². The van der Waals surface area contributed by atoms with Crippen LogP contribution in [0.25, 0.3) is 0 Å². The zero-order chi connectivity index (χ0) is 19.0. The van der Waals surface area contributed by atoms with E-state index in [0.29, 0.717) is 12.5 Å². The second-order valence-electron chi connectivity index (χ2n) is 8.09. The van der Waals surface area contributed by atoms with Crippen LogP contribution in [0.1, 0.15) is 31.4 Å². The molecule has 27 heavy (non-hydrogen) atoms. The van der Waals surface area contributed by atoms with Crippen molar-refractivity contribution in [3.63, 3.8) is 0 Å². The maximum absolute atomic E-state index is 13.9. The number of nitrogens with zero attached hydrogens (tertiary/aromatic N) is 2. The summed E-state index contributed by atoms with van der Waals surface area (Å²) in [5.41, 5.74) is 3.01. The van der Waals surface area contributed by atoms with Crippen molar-refractivity contribution in [2.24, 2.45) is 5.92 Å². The van der Waals surface area contributed by atoms with E-state index in [-0.39, 0.29) is 11.9 Å². The highest BCUT2D eigenvalue weighted by molar-refractivity contribution is 6.09. The van der Waals surface area contributed by atoms with Crippen molar-refractivity contribution in [2.45, 2.75) is 38.3 Å². The van der Waals surface area contributed by atoms with Crippen LogP contribution < -0.4 is 4.90 Å². The molecule has 0 N–H and O–H groups in total. The van der Waals surface area contributed by atoms with E-state index in [2.05, 4.69) is 55.7 Å². The van der Waals surface area contributed by atoms with E-state index in [1.165, 1.54) is 11.1 Å². The molecule has 140 valence electrons. The first-order valence-corrected chi connectivity index (χ1v) is 9.90. The summed E-state index contributed by atoms with van der Waals surface area (Å²) in [5, 5.41) is 0. The number of fused-ring (bicyclic) bond motifs is 2. The van der Waals surface area contributed by atoms with Crippen molar-refractivity contribution in [1.82, 2.24) is 4.90 Å². The van der Waals surface area contributed by atoms with Gasteiger partial charge in [-0.05, 0) is 29.5 Å². The highest BCUT2D eigenvalue weighted by Crippen LogP contribution is 2.52. The number of rotatable bonds is 5. The highest BCUT2D eigenvalue weighted by Gasteiger charge is 2.60. The summed E-state index contributed by atoms with van der Waals surface area (Å²) in [6, 6.07) is 18.9. The minimum Gasteiger partial charge on any atom is -0.307 e. The summed E-state index contributed by atoms with van der Waals surface area (Å²) in [6.07, 6.45) is 2.84. The second-order valence-corrected chi connectivity index (χ2v) is 8.09. The van der Waals surface area contributed by atoms with Gasteiger partial charge in [0.25, 0.3) is 0 Å². The fourth-order valence-corrected chi connectivity index (χ4v) is 5.28. The first-order valence-electron chi connectivity index (χ1n) is 9.90. The van der Waals surface area contributed by atoms with E-state index in [1.54, 1.807) is 0 Å². The molecule has 2 aliphatic rings. The van der Waals surface area contributed by atoms with Crippen LogP contribution in [0.4, 0.5) is 5.69 Å². The van der Waals surface area contributed by atoms with Crippen LogP contribution in [0.2, 0.25) is 0 Å². The Labute approximate surface area is 162 Å². The lowest BCUT2D eigenvalue weighted by molar-refractivity contribution is -0.124. The van der Waals surface area contributed by atoms with Crippen LogP contribution in [0.3, 0.4) is 0 Å². The third kappa shape index (κ3) is 2.72. The van der Waals surface area contributed by atoms with E-state index in [9.17, 15) is 4.79 Å². The van der Waals surface area contributed by atoms with Crippen molar-refractivity contribution in [1.29, 1.82) is 0 Å². The molecule has 3 heteroatoms. The molecule has 2 aliphatic heterocycles. The molecule has 0 bridgehead atoms. The molecule has 1 spiro atoms. The Morgan fingerprint density at radius 2 is 1.85 bits per heavy atom. The number of amides is 1. The number of likely N-dealkylation sites (tertiary alicyclic amines) is 1. The van der Waals surface area contributed by atoms with Gasteiger partial charge in [-0.25, -0.2) is 0 Å². The van der Waals surface area contributed by atoms with E-state index in [4.69, 9.17) is 0 Å². The monoisotopic (exact) mass is 360 g/mol. The highest BCUT2D eigenvalue weighted by atomic mass is 16.2.